The highest BCUT2D eigenvalue weighted by molar-refractivity contribution is 6.03. The molecule has 2 aromatic rings. The Bertz CT molecular complexity index is 1130. The number of carboxylic acids is 1. The van der Waals surface area contributed by atoms with Gasteiger partial charge in [0.15, 0.2) is 5.78 Å². The zero-order valence-electron chi connectivity index (χ0n) is 16.7. The van der Waals surface area contributed by atoms with E-state index in [1.165, 1.54) is 18.2 Å². The Balaban J connectivity index is 1.80. The Morgan fingerprint density at radius 1 is 1.10 bits per heavy atom. The molecule has 6 heteroatoms. The molecule has 1 aliphatic carbocycles. The van der Waals surface area contributed by atoms with E-state index in [1.54, 1.807) is 32.0 Å². The number of nitrogens with one attached hydrogen (secondary N) is 1. The third-order valence-corrected chi connectivity index (χ3v) is 5.93. The van der Waals surface area contributed by atoms with Crippen LogP contribution in [0.1, 0.15) is 48.3 Å². The summed E-state index contributed by atoms with van der Waals surface area (Å²) < 4.78 is 14.1. The van der Waals surface area contributed by atoms with Crippen molar-refractivity contribution in [3.8, 4) is 5.75 Å². The number of ketones is 1. The first kappa shape index (κ1) is 19.9. The zero-order chi connectivity index (χ0) is 21.6. The van der Waals surface area contributed by atoms with Crippen LogP contribution < -0.4 is 5.32 Å². The molecule has 0 saturated carbocycles. The largest absolute Gasteiger partial charge is 0.508 e. The second-order valence-corrected chi connectivity index (χ2v) is 7.93. The molecule has 0 aromatic heterocycles. The molecule has 3 N–H and O–H groups in total. The van der Waals surface area contributed by atoms with Crippen LogP contribution in [0.4, 0.5) is 4.39 Å². The number of carbonyl (C=O) groups excluding carboxylic acids is 1. The van der Waals surface area contributed by atoms with Crippen LogP contribution >= 0.6 is 0 Å². The van der Waals surface area contributed by atoms with Gasteiger partial charge in [0.05, 0.1) is 5.57 Å². The number of hydrogen-bond donors (Lipinski definition) is 3. The van der Waals surface area contributed by atoms with Gasteiger partial charge in [0.1, 0.15) is 11.6 Å². The van der Waals surface area contributed by atoms with Crippen LogP contribution in [-0.4, -0.2) is 22.0 Å². The summed E-state index contributed by atoms with van der Waals surface area (Å²) in [6, 6.07) is 11.4. The number of halogens is 1. The highest BCUT2D eigenvalue weighted by Gasteiger charge is 2.41. The van der Waals surface area contributed by atoms with Crippen LogP contribution in [0.5, 0.6) is 5.75 Å². The minimum Gasteiger partial charge on any atom is -0.508 e. The fraction of sp³-hybridized carbons (Fsp3) is 0.250. The second kappa shape index (κ2) is 7.44. The number of rotatable bonds is 3. The Kier molecular flexibility index (Phi) is 4.94. The molecule has 1 aliphatic heterocycles. The number of phenols is 1. The molecule has 2 atom stereocenters. The standard InChI is InChI=1S/C24H22FNO4/c1-12-6-7-14(9-18(12)25)16-10-19-23(20(28)11-16)22(15-4-3-5-17(27)8-15)21(24(29)30)13(2)26-19/h3-9,16,22,26-27H,10-11H2,1-2H3,(H,29,30). The molecule has 0 saturated heterocycles. The Morgan fingerprint density at radius 2 is 1.87 bits per heavy atom. The van der Waals surface area contributed by atoms with Crippen molar-refractivity contribution >= 4 is 11.8 Å². The van der Waals surface area contributed by atoms with Crippen molar-refractivity contribution in [2.45, 2.75) is 38.5 Å². The quantitative estimate of drug-likeness (QED) is 0.707. The Hall–Kier alpha value is -3.41. The van der Waals surface area contributed by atoms with Crippen molar-refractivity contribution in [1.82, 2.24) is 5.32 Å². The number of aryl methyl sites for hydroxylation is 1. The Labute approximate surface area is 173 Å². The van der Waals surface area contributed by atoms with Crippen LogP contribution in [0.15, 0.2) is 65.0 Å². The van der Waals surface area contributed by atoms with Gasteiger partial charge < -0.3 is 15.5 Å². The van der Waals surface area contributed by atoms with Crippen molar-refractivity contribution in [3.05, 3.63) is 87.5 Å². The highest BCUT2D eigenvalue weighted by atomic mass is 19.1. The first-order valence-corrected chi connectivity index (χ1v) is 9.78. The molecule has 2 unspecified atom stereocenters. The predicted octanol–water partition coefficient (Wildman–Crippen LogP) is 4.29. The minimum atomic E-state index is -1.12. The average Bonchev–Trinajstić information content (AvgIpc) is 2.68. The first-order valence-electron chi connectivity index (χ1n) is 9.78. The van der Waals surface area contributed by atoms with E-state index in [9.17, 15) is 24.2 Å². The van der Waals surface area contributed by atoms with E-state index in [2.05, 4.69) is 5.32 Å². The smallest absolute Gasteiger partial charge is 0.334 e. The molecule has 5 nitrogen and oxygen atoms in total. The zero-order valence-corrected chi connectivity index (χ0v) is 16.7. The van der Waals surface area contributed by atoms with E-state index in [0.717, 1.165) is 5.56 Å². The van der Waals surface area contributed by atoms with Gasteiger partial charge in [0.2, 0.25) is 0 Å². The maximum atomic E-state index is 14.1. The number of carboxylic acid groups (broad SMARTS) is 1. The van der Waals surface area contributed by atoms with Gasteiger partial charge in [-0.2, -0.15) is 0 Å². The van der Waals surface area contributed by atoms with Crippen molar-refractivity contribution < 1.29 is 24.2 Å². The van der Waals surface area contributed by atoms with Crippen LogP contribution in [0.3, 0.4) is 0 Å². The molecule has 0 spiro atoms. The molecule has 2 aliphatic rings. The molecular weight excluding hydrogens is 385 g/mol. The summed E-state index contributed by atoms with van der Waals surface area (Å²) in [6.45, 7) is 3.36. The highest BCUT2D eigenvalue weighted by Crippen LogP contribution is 2.45. The maximum Gasteiger partial charge on any atom is 0.334 e. The summed E-state index contributed by atoms with van der Waals surface area (Å²) in [5.74, 6) is -2.55. The molecule has 154 valence electrons. The lowest BCUT2D eigenvalue weighted by Gasteiger charge is -2.36. The first-order chi connectivity index (χ1) is 14.3. The molecule has 0 amide bonds. The Morgan fingerprint density at radius 3 is 2.53 bits per heavy atom. The lowest BCUT2D eigenvalue weighted by Crippen LogP contribution is -2.35. The molecule has 2 aromatic carbocycles. The van der Waals surface area contributed by atoms with Gasteiger partial charge in [-0.15, -0.1) is 0 Å². The summed E-state index contributed by atoms with van der Waals surface area (Å²) in [7, 11) is 0. The fourth-order valence-corrected chi connectivity index (χ4v) is 4.46. The number of aliphatic carboxylic acids is 1. The lowest BCUT2D eigenvalue weighted by atomic mass is 9.71. The van der Waals surface area contributed by atoms with Gasteiger partial charge in [-0.3, -0.25) is 4.79 Å². The number of dihydropyridines is 1. The molecule has 30 heavy (non-hydrogen) atoms. The predicted molar refractivity (Wildman–Crippen MR) is 109 cm³/mol. The SMILES string of the molecule is CC1=C(C(=O)O)C(c2cccc(O)c2)C2=C(CC(c3ccc(C)c(F)c3)CC2=O)N1. The third kappa shape index (κ3) is 3.38. The number of carbonyl (C=O) groups is 2. The van der Waals surface area contributed by atoms with Crippen LogP contribution in [0.2, 0.25) is 0 Å². The normalized spacial score (nSPS) is 21.4. The number of Topliss-reactive ketones (excluding diaryl/α,β-unsaturated/α-hetero) is 1. The van der Waals surface area contributed by atoms with Gasteiger partial charge >= 0.3 is 5.97 Å². The molecule has 1 heterocycles. The summed E-state index contributed by atoms with van der Waals surface area (Å²) in [5.41, 5.74) is 3.46. The van der Waals surface area contributed by atoms with E-state index < -0.39 is 11.9 Å². The number of hydrogen-bond acceptors (Lipinski definition) is 4. The van der Waals surface area contributed by atoms with E-state index in [-0.39, 0.29) is 35.3 Å². The summed E-state index contributed by atoms with van der Waals surface area (Å²) in [6.07, 6.45) is 0.646. The third-order valence-electron chi connectivity index (χ3n) is 5.93. The fourth-order valence-electron chi connectivity index (χ4n) is 4.46. The molecule has 0 bridgehead atoms. The number of phenolic OH excluding ortho intramolecular Hbond substituents is 1. The van der Waals surface area contributed by atoms with Crippen molar-refractivity contribution in [2.75, 3.05) is 0 Å². The van der Waals surface area contributed by atoms with Gasteiger partial charge in [-0.1, -0.05) is 24.3 Å². The molecular formula is C24H22FNO4. The monoisotopic (exact) mass is 407 g/mol. The molecule has 4 rings (SSSR count). The van der Waals surface area contributed by atoms with Crippen molar-refractivity contribution in [3.63, 3.8) is 0 Å². The summed E-state index contributed by atoms with van der Waals surface area (Å²) in [4.78, 5) is 25.3. The van der Waals surface area contributed by atoms with Crippen LogP contribution in [0, 0.1) is 12.7 Å². The molecule has 0 radical (unpaired) electrons. The number of aromatic hydroxyl groups is 1. The topological polar surface area (TPSA) is 86.6 Å². The van der Waals surface area contributed by atoms with Gasteiger partial charge in [0.25, 0.3) is 0 Å². The number of allylic oxidation sites excluding steroid dienone is 3. The van der Waals surface area contributed by atoms with Gasteiger partial charge in [-0.25, -0.2) is 9.18 Å². The van der Waals surface area contributed by atoms with E-state index >= 15 is 0 Å². The summed E-state index contributed by atoms with van der Waals surface area (Å²) >= 11 is 0. The summed E-state index contributed by atoms with van der Waals surface area (Å²) in [5, 5.41) is 22.9. The maximum absolute atomic E-state index is 14.1. The van der Waals surface area contributed by atoms with Gasteiger partial charge in [0, 0.05) is 29.3 Å². The van der Waals surface area contributed by atoms with E-state index in [4.69, 9.17) is 0 Å². The molecule has 0 fully saturated rings. The number of benzene rings is 2. The van der Waals surface area contributed by atoms with Gasteiger partial charge in [-0.05, 0) is 61.1 Å². The average molecular weight is 407 g/mol. The van der Waals surface area contributed by atoms with E-state index in [1.807, 2.05) is 6.07 Å². The van der Waals surface area contributed by atoms with E-state index in [0.29, 0.717) is 34.5 Å². The lowest BCUT2D eigenvalue weighted by molar-refractivity contribution is -0.133. The van der Waals surface area contributed by atoms with Crippen molar-refractivity contribution in [2.24, 2.45) is 0 Å². The van der Waals surface area contributed by atoms with Crippen molar-refractivity contribution in [1.29, 1.82) is 0 Å². The second-order valence-electron chi connectivity index (χ2n) is 7.93. The van der Waals surface area contributed by atoms with Crippen LogP contribution in [0.25, 0.3) is 0 Å². The minimum absolute atomic E-state index is 0.00633. The van der Waals surface area contributed by atoms with Crippen LogP contribution in [-0.2, 0) is 9.59 Å².